The van der Waals surface area contributed by atoms with Gasteiger partial charge in [-0.2, -0.15) is 5.10 Å². The zero-order chi connectivity index (χ0) is 11.7. The Labute approximate surface area is 98.0 Å². The van der Waals surface area contributed by atoms with E-state index >= 15 is 0 Å². The first-order valence-electron chi connectivity index (χ1n) is 6.33. The number of aromatic nitrogens is 2. The van der Waals surface area contributed by atoms with Crippen LogP contribution in [0.3, 0.4) is 0 Å². The molecule has 1 heterocycles. The molecule has 1 aliphatic carbocycles. The largest absolute Gasteiger partial charge is 0.324 e. The van der Waals surface area contributed by atoms with Gasteiger partial charge in [-0.25, -0.2) is 0 Å². The molecule has 1 fully saturated rings. The summed E-state index contributed by atoms with van der Waals surface area (Å²) in [6, 6.07) is 0.177. The van der Waals surface area contributed by atoms with Crippen LogP contribution in [0, 0.1) is 18.8 Å². The highest BCUT2D eigenvalue weighted by Gasteiger charge is 2.27. The molecule has 1 aliphatic rings. The van der Waals surface area contributed by atoms with Crippen LogP contribution in [0.5, 0.6) is 0 Å². The maximum absolute atomic E-state index is 6.39. The molecule has 2 N–H and O–H groups in total. The summed E-state index contributed by atoms with van der Waals surface area (Å²) < 4.78 is 1.92. The fourth-order valence-corrected chi connectivity index (χ4v) is 2.90. The quantitative estimate of drug-likeness (QED) is 0.834. The van der Waals surface area contributed by atoms with Gasteiger partial charge >= 0.3 is 0 Å². The molecule has 0 bridgehead atoms. The van der Waals surface area contributed by atoms with Crippen molar-refractivity contribution in [3.63, 3.8) is 0 Å². The lowest BCUT2D eigenvalue weighted by molar-refractivity contribution is 0.247. The average molecular weight is 221 g/mol. The van der Waals surface area contributed by atoms with E-state index in [-0.39, 0.29) is 6.04 Å². The summed E-state index contributed by atoms with van der Waals surface area (Å²) in [6.07, 6.45) is 7.20. The molecule has 16 heavy (non-hydrogen) atoms. The number of rotatable bonds is 2. The van der Waals surface area contributed by atoms with Crippen molar-refractivity contribution in [1.29, 1.82) is 0 Å². The second-order valence-electron chi connectivity index (χ2n) is 5.37. The van der Waals surface area contributed by atoms with Crippen LogP contribution in [-0.4, -0.2) is 9.78 Å². The lowest BCUT2D eigenvalue weighted by Crippen LogP contribution is -2.26. The molecule has 1 aromatic rings. The summed E-state index contributed by atoms with van der Waals surface area (Å²) in [7, 11) is 1.98. The van der Waals surface area contributed by atoms with Crippen molar-refractivity contribution in [1.82, 2.24) is 9.78 Å². The van der Waals surface area contributed by atoms with Gasteiger partial charge in [-0.3, -0.25) is 4.68 Å². The van der Waals surface area contributed by atoms with Gasteiger partial charge in [0.25, 0.3) is 0 Å². The monoisotopic (exact) mass is 221 g/mol. The van der Waals surface area contributed by atoms with E-state index in [0.29, 0.717) is 5.92 Å². The summed E-state index contributed by atoms with van der Waals surface area (Å²) in [4.78, 5) is 0. The van der Waals surface area contributed by atoms with E-state index in [4.69, 9.17) is 5.73 Å². The van der Waals surface area contributed by atoms with Gasteiger partial charge in [-0.15, -0.1) is 0 Å². The molecule has 0 radical (unpaired) electrons. The number of aryl methyl sites for hydroxylation is 1. The van der Waals surface area contributed by atoms with Crippen molar-refractivity contribution in [2.75, 3.05) is 0 Å². The van der Waals surface area contributed by atoms with Gasteiger partial charge in [0, 0.05) is 24.3 Å². The van der Waals surface area contributed by atoms with Crippen LogP contribution in [-0.2, 0) is 7.05 Å². The average Bonchev–Trinajstić information content (AvgIpc) is 2.59. The summed E-state index contributed by atoms with van der Waals surface area (Å²) in [5, 5.41) is 4.29. The molecular formula is C13H23N3. The fraction of sp³-hybridized carbons (Fsp3) is 0.769. The Morgan fingerprint density at radius 3 is 2.81 bits per heavy atom. The molecule has 1 aromatic heterocycles. The first-order chi connectivity index (χ1) is 7.59. The normalized spacial score (nSPS) is 28.0. The Kier molecular flexibility index (Phi) is 3.33. The minimum atomic E-state index is 0.177. The minimum Gasteiger partial charge on any atom is -0.324 e. The number of hydrogen-bond donors (Lipinski definition) is 1. The Balaban J connectivity index is 2.12. The molecule has 1 saturated carbocycles. The van der Waals surface area contributed by atoms with E-state index in [0.717, 1.165) is 5.92 Å². The zero-order valence-corrected chi connectivity index (χ0v) is 10.6. The van der Waals surface area contributed by atoms with Crippen molar-refractivity contribution in [2.24, 2.45) is 24.6 Å². The maximum Gasteiger partial charge on any atom is 0.0540 e. The van der Waals surface area contributed by atoms with Crippen molar-refractivity contribution in [3.8, 4) is 0 Å². The molecule has 3 nitrogen and oxygen atoms in total. The topological polar surface area (TPSA) is 43.8 Å². The summed E-state index contributed by atoms with van der Waals surface area (Å²) in [6.45, 7) is 4.45. The Morgan fingerprint density at radius 2 is 2.25 bits per heavy atom. The van der Waals surface area contributed by atoms with Gasteiger partial charge in [0.15, 0.2) is 0 Å². The third-order valence-corrected chi connectivity index (χ3v) is 4.12. The molecule has 0 spiro atoms. The number of nitrogens with zero attached hydrogens (tertiary/aromatic N) is 2. The van der Waals surface area contributed by atoms with Gasteiger partial charge in [-0.05, 0) is 31.6 Å². The standard InChI is InChI=1S/C13H23N3/c1-9-5-4-6-11(7-9)13(14)12-8-15-16(3)10(12)2/h8-9,11,13H,4-7,14H2,1-3H3. The van der Waals surface area contributed by atoms with Crippen LogP contribution in [0.1, 0.15) is 49.9 Å². The second-order valence-corrected chi connectivity index (χ2v) is 5.37. The molecule has 3 atom stereocenters. The van der Waals surface area contributed by atoms with Crippen molar-refractivity contribution >= 4 is 0 Å². The maximum atomic E-state index is 6.39. The molecule has 3 unspecified atom stereocenters. The Bertz CT molecular complexity index is 356. The first-order valence-corrected chi connectivity index (χ1v) is 6.33. The highest BCUT2D eigenvalue weighted by atomic mass is 15.3. The van der Waals surface area contributed by atoms with Gasteiger partial charge in [0.1, 0.15) is 0 Å². The summed E-state index contributed by atoms with van der Waals surface area (Å²) in [5.41, 5.74) is 8.84. The highest BCUT2D eigenvalue weighted by molar-refractivity contribution is 5.21. The van der Waals surface area contributed by atoms with E-state index in [1.165, 1.54) is 36.9 Å². The van der Waals surface area contributed by atoms with Gasteiger partial charge in [0.2, 0.25) is 0 Å². The molecular weight excluding hydrogens is 198 g/mol. The van der Waals surface area contributed by atoms with E-state index < -0.39 is 0 Å². The molecule has 0 aliphatic heterocycles. The van der Waals surface area contributed by atoms with Crippen LogP contribution in [0.25, 0.3) is 0 Å². The molecule has 0 saturated heterocycles. The van der Waals surface area contributed by atoms with Gasteiger partial charge in [0.05, 0.1) is 6.20 Å². The van der Waals surface area contributed by atoms with E-state index in [2.05, 4.69) is 18.9 Å². The lowest BCUT2D eigenvalue weighted by atomic mass is 9.77. The van der Waals surface area contributed by atoms with Gasteiger partial charge in [-0.1, -0.05) is 19.8 Å². The molecule has 2 rings (SSSR count). The second kappa shape index (κ2) is 4.58. The lowest BCUT2D eigenvalue weighted by Gasteiger charge is -2.31. The minimum absolute atomic E-state index is 0.177. The van der Waals surface area contributed by atoms with E-state index in [9.17, 15) is 0 Å². The van der Waals surface area contributed by atoms with Crippen molar-refractivity contribution in [3.05, 3.63) is 17.5 Å². The SMILES string of the molecule is Cc1c(C(N)C2CCCC(C)C2)cnn1C. The van der Waals surface area contributed by atoms with E-state index in [1.54, 1.807) is 0 Å². The predicted octanol–water partition coefficient (Wildman–Crippen LogP) is 2.55. The van der Waals surface area contributed by atoms with Crippen LogP contribution < -0.4 is 5.73 Å². The van der Waals surface area contributed by atoms with E-state index in [1.807, 2.05) is 17.9 Å². The molecule has 3 heteroatoms. The van der Waals surface area contributed by atoms with Crippen molar-refractivity contribution in [2.45, 2.75) is 45.6 Å². The third kappa shape index (κ3) is 2.14. The molecule has 90 valence electrons. The van der Waals surface area contributed by atoms with Crippen LogP contribution >= 0.6 is 0 Å². The van der Waals surface area contributed by atoms with Crippen LogP contribution in [0.2, 0.25) is 0 Å². The Hall–Kier alpha value is -0.830. The van der Waals surface area contributed by atoms with Crippen molar-refractivity contribution < 1.29 is 0 Å². The van der Waals surface area contributed by atoms with Crippen LogP contribution in [0.15, 0.2) is 6.20 Å². The number of nitrogens with two attached hydrogens (primary N) is 1. The van der Waals surface area contributed by atoms with Crippen LogP contribution in [0.4, 0.5) is 0 Å². The summed E-state index contributed by atoms with van der Waals surface area (Å²) in [5.74, 6) is 1.48. The third-order valence-electron chi connectivity index (χ3n) is 4.12. The zero-order valence-electron chi connectivity index (χ0n) is 10.6. The molecule has 0 amide bonds. The predicted molar refractivity (Wildman–Crippen MR) is 66.0 cm³/mol. The fourth-order valence-electron chi connectivity index (χ4n) is 2.90. The molecule has 0 aromatic carbocycles. The smallest absolute Gasteiger partial charge is 0.0540 e. The first kappa shape index (κ1) is 11.6. The summed E-state index contributed by atoms with van der Waals surface area (Å²) >= 11 is 0. The van der Waals surface area contributed by atoms with Gasteiger partial charge < -0.3 is 5.73 Å². The number of hydrogen-bond acceptors (Lipinski definition) is 2. The Morgan fingerprint density at radius 1 is 1.50 bits per heavy atom. The highest BCUT2D eigenvalue weighted by Crippen LogP contribution is 2.36.